The lowest BCUT2D eigenvalue weighted by atomic mass is 10.1. The van der Waals surface area contributed by atoms with Crippen LogP contribution in [0.15, 0.2) is 12.1 Å². The Hall–Kier alpha value is -1.42. The normalized spacial score (nSPS) is 14.0. The predicted molar refractivity (Wildman–Crippen MR) is 54.0 cm³/mol. The molecule has 5 heteroatoms. The summed E-state index contributed by atoms with van der Waals surface area (Å²) < 4.78 is 5.26. The summed E-state index contributed by atoms with van der Waals surface area (Å²) in [5.41, 5.74) is 1.22. The molecule has 0 saturated heterocycles. The molecule has 1 heterocycles. The molecule has 0 unspecified atom stereocenters. The van der Waals surface area contributed by atoms with Crippen molar-refractivity contribution in [2.24, 2.45) is 0 Å². The van der Waals surface area contributed by atoms with Gasteiger partial charge in [-0.15, -0.1) is 0 Å². The molecule has 0 fully saturated rings. The molecular formula is C9H9ClN2O2. The van der Waals surface area contributed by atoms with E-state index in [9.17, 15) is 4.79 Å². The van der Waals surface area contributed by atoms with Crippen LogP contribution in [0.2, 0.25) is 5.02 Å². The van der Waals surface area contributed by atoms with Crippen LogP contribution >= 0.6 is 11.6 Å². The second-order valence-electron chi connectivity index (χ2n) is 2.87. The van der Waals surface area contributed by atoms with Gasteiger partial charge in [-0.2, -0.15) is 0 Å². The Morgan fingerprint density at radius 3 is 3.07 bits per heavy atom. The maximum absolute atomic E-state index is 11.4. The van der Waals surface area contributed by atoms with E-state index in [1.807, 2.05) is 0 Å². The number of hydrogen-bond donors (Lipinski definition) is 2. The Kier molecular flexibility index (Phi) is 2.21. The third-order valence-corrected chi connectivity index (χ3v) is 2.36. The van der Waals surface area contributed by atoms with Gasteiger partial charge in [0.15, 0.2) is 6.73 Å². The summed E-state index contributed by atoms with van der Waals surface area (Å²) in [6, 6.07) is 3.31. The Morgan fingerprint density at radius 1 is 1.57 bits per heavy atom. The standard InChI is InChI=1S/C9H9ClN2O2/c1-11-7-3-8-5(2-6(7)10)9(13)12-4-14-8/h2-3,11H,4H2,1H3,(H,12,13). The number of carbonyl (C=O) groups is 1. The molecule has 1 aliphatic heterocycles. The molecule has 1 aromatic carbocycles. The quantitative estimate of drug-likeness (QED) is 0.741. The lowest BCUT2D eigenvalue weighted by Gasteiger charge is -2.19. The van der Waals surface area contributed by atoms with Crippen LogP contribution in [0.25, 0.3) is 0 Å². The fraction of sp³-hybridized carbons (Fsp3) is 0.222. The average molecular weight is 213 g/mol. The summed E-state index contributed by atoms with van der Waals surface area (Å²) in [7, 11) is 1.76. The largest absolute Gasteiger partial charge is 0.472 e. The number of anilines is 1. The van der Waals surface area contributed by atoms with Crippen molar-refractivity contribution in [3.63, 3.8) is 0 Å². The zero-order valence-electron chi connectivity index (χ0n) is 7.56. The Labute approximate surface area is 86.2 Å². The van der Waals surface area contributed by atoms with Gasteiger partial charge in [0.2, 0.25) is 0 Å². The first-order valence-corrected chi connectivity index (χ1v) is 4.52. The molecule has 0 saturated carbocycles. The van der Waals surface area contributed by atoms with Gasteiger partial charge in [0.05, 0.1) is 16.3 Å². The van der Waals surface area contributed by atoms with Gasteiger partial charge >= 0.3 is 0 Å². The van der Waals surface area contributed by atoms with Crippen molar-refractivity contribution in [2.45, 2.75) is 0 Å². The van der Waals surface area contributed by atoms with E-state index in [0.29, 0.717) is 16.3 Å². The molecule has 0 atom stereocenters. The van der Waals surface area contributed by atoms with Crippen molar-refractivity contribution in [2.75, 3.05) is 19.1 Å². The van der Waals surface area contributed by atoms with Crippen LogP contribution in [-0.4, -0.2) is 19.7 Å². The molecule has 0 bridgehead atoms. The van der Waals surface area contributed by atoms with Crippen molar-refractivity contribution >= 4 is 23.2 Å². The van der Waals surface area contributed by atoms with E-state index in [1.165, 1.54) is 0 Å². The first-order valence-electron chi connectivity index (χ1n) is 4.14. The minimum Gasteiger partial charge on any atom is -0.472 e. The Bertz CT molecular complexity index is 393. The van der Waals surface area contributed by atoms with E-state index in [0.717, 1.165) is 5.69 Å². The van der Waals surface area contributed by atoms with Crippen LogP contribution in [0.4, 0.5) is 5.69 Å². The lowest BCUT2D eigenvalue weighted by Crippen LogP contribution is -2.32. The molecule has 4 nitrogen and oxygen atoms in total. The molecular weight excluding hydrogens is 204 g/mol. The molecule has 14 heavy (non-hydrogen) atoms. The first kappa shape index (κ1) is 9.15. The van der Waals surface area contributed by atoms with E-state index in [2.05, 4.69) is 10.6 Å². The van der Waals surface area contributed by atoms with Crippen LogP contribution < -0.4 is 15.4 Å². The number of rotatable bonds is 1. The van der Waals surface area contributed by atoms with Crippen LogP contribution in [0.1, 0.15) is 10.4 Å². The van der Waals surface area contributed by atoms with Gasteiger partial charge in [-0.05, 0) is 6.07 Å². The molecule has 1 amide bonds. The number of hydrogen-bond acceptors (Lipinski definition) is 3. The van der Waals surface area contributed by atoms with Crippen molar-refractivity contribution in [1.29, 1.82) is 0 Å². The van der Waals surface area contributed by atoms with Gasteiger partial charge in [0.25, 0.3) is 5.91 Å². The Balaban J connectivity index is 2.54. The number of nitrogens with one attached hydrogen (secondary N) is 2. The second-order valence-corrected chi connectivity index (χ2v) is 3.28. The summed E-state index contributed by atoms with van der Waals surface area (Å²) in [6.07, 6.45) is 0. The highest BCUT2D eigenvalue weighted by Gasteiger charge is 2.19. The molecule has 0 aliphatic carbocycles. The fourth-order valence-corrected chi connectivity index (χ4v) is 1.57. The maximum Gasteiger partial charge on any atom is 0.257 e. The number of amides is 1. The summed E-state index contributed by atoms with van der Waals surface area (Å²) in [4.78, 5) is 11.4. The highest BCUT2D eigenvalue weighted by atomic mass is 35.5. The highest BCUT2D eigenvalue weighted by Crippen LogP contribution is 2.31. The second kappa shape index (κ2) is 3.38. The topological polar surface area (TPSA) is 50.4 Å². The smallest absolute Gasteiger partial charge is 0.257 e. The van der Waals surface area contributed by atoms with Crippen molar-refractivity contribution < 1.29 is 9.53 Å². The van der Waals surface area contributed by atoms with Gasteiger partial charge in [0, 0.05) is 13.1 Å². The summed E-state index contributed by atoms with van der Waals surface area (Å²) >= 11 is 5.93. The van der Waals surface area contributed by atoms with Crippen LogP contribution in [0.3, 0.4) is 0 Å². The maximum atomic E-state index is 11.4. The van der Waals surface area contributed by atoms with Gasteiger partial charge in [-0.25, -0.2) is 0 Å². The van der Waals surface area contributed by atoms with Gasteiger partial charge in [-0.1, -0.05) is 11.6 Å². The summed E-state index contributed by atoms with van der Waals surface area (Å²) in [5.74, 6) is 0.401. The minimum atomic E-state index is -0.157. The van der Waals surface area contributed by atoms with Crippen molar-refractivity contribution in [3.8, 4) is 5.75 Å². The van der Waals surface area contributed by atoms with E-state index in [-0.39, 0.29) is 12.6 Å². The molecule has 2 N–H and O–H groups in total. The zero-order chi connectivity index (χ0) is 10.1. The monoisotopic (exact) mass is 212 g/mol. The highest BCUT2D eigenvalue weighted by molar-refractivity contribution is 6.33. The number of benzene rings is 1. The van der Waals surface area contributed by atoms with Crippen molar-refractivity contribution in [1.82, 2.24) is 5.32 Å². The van der Waals surface area contributed by atoms with E-state index >= 15 is 0 Å². The Morgan fingerprint density at radius 2 is 2.36 bits per heavy atom. The number of ether oxygens (including phenoxy) is 1. The minimum absolute atomic E-state index is 0.157. The van der Waals surface area contributed by atoms with Crippen LogP contribution in [0.5, 0.6) is 5.75 Å². The third-order valence-electron chi connectivity index (χ3n) is 2.04. The van der Waals surface area contributed by atoms with Crippen molar-refractivity contribution in [3.05, 3.63) is 22.7 Å². The third kappa shape index (κ3) is 1.37. The SMILES string of the molecule is CNc1cc2c(cc1Cl)C(=O)NCO2. The molecule has 0 spiro atoms. The fourth-order valence-electron chi connectivity index (χ4n) is 1.32. The molecule has 1 aliphatic rings. The van der Waals surface area contributed by atoms with E-state index < -0.39 is 0 Å². The molecule has 1 aromatic rings. The molecule has 0 radical (unpaired) electrons. The summed E-state index contributed by atoms with van der Waals surface area (Å²) in [5, 5.41) is 5.99. The average Bonchev–Trinajstić information content (AvgIpc) is 2.19. The van der Waals surface area contributed by atoms with Crippen LogP contribution in [0, 0.1) is 0 Å². The lowest BCUT2D eigenvalue weighted by molar-refractivity contribution is 0.0883. The van der Waals surface area contributed by atoms with E-state index in [1.54, 1.807) is 19.2 Å². The first-order chi connectivity index (χ1) is 6.72. The zero-order valence-corrected chi connectivity index (χ0v) is 8.31. The van der Waals surface area contributed by atoms with Gasteiger partial charge in [0.1, 0.15) is 5.75 Å². The number of halogens is 1. The van der Waals surface area contributed by atoms with Gasteiger partial charge in [-0.3, -0.25) is 4.79 Å². The summed E-state index contributed by atoms with van der Waals surface area (Å²) in [6.45, 7) is 0.205. The molecule has 0 aromatic heterocycles. The predicted octanol–water partition coefficient (Wildman–Crippen LogP) is 1.46. The molecule has 2 rings (SSSR count). The van der Waals surface area contributed by atoms with Crippen LogP contribution in [-0.2, 0) is 0 Å². The number of carbonyl (C=O) groups excluding carboxylic acids is 1. The molecule has 74 valence electrons. The van der Waals surface area contributed by atoms with Gasteiger partial charge < -0.3 is 15.4 Å². The van der Waals surface area contributed by atoms with E-state index in [4.69, 9.17) is 16.3 Å². The number of fused-ring (bicyclic) bond motifs is 1.